The summed E-state index contributed by atoms with van der Waals surface area (Å²) in [6.07, 6.45) is 20.3. The van der Waals surface area contributed by atoms with Gasteiger partial charge in [-0.25, -0.2) is 9.59 Å². The third-order valence-corrected chi connectivity index (χ3v) is 19.9. The number of alkyl carbamates (subject to hydrolysis) is 2. The van der Waals surface area contributed by atoms with Crippen LogP contribution < -0.4 is 20.9 Å². The summed E-state index contributed by atoms with van der Waals surface area (Å²) in [4.78, 5) is 29.0. The van der Waals surface area contributed by atoms with E-state index in [-0.39, 0.29) is 28.4 Å². The van der Waals surface area contributed by atoms with Crippen molar-refractivity contribution in [2.24, 2.45) is 22.7 Å². The molecule has 0 bridgehead atoms. The monoisotopic (exact) mass is 1250 g/mol. The minimum atomic E-state index is -0.808. The molecule has 11 heteroatoms. The predicted octanol–water partition coefficient (Wildman–Crippen LogP) is 19.1. The second-order valence-corrected chi connectivity index (χ2v) is 30.2. The number of benzene rings is 5. The minimum absolute atomic E-state index is 0.0514. The first-order valence-electron chi connectivity index (χ1n) is 34.4. The summed E-state index contributed by atoms with van der Waals surface area (Å²) in [5.41, 5.74) is 10.4. The quantitative estimate of drug-likeness (QED) is 0.0297. The van der Waals surface area contributed by atoms with Crippen LogP contribution in [0.3, 0.4) is 0 Å². The first-order chi connectivity index (χ1) is 43.6. The van der Waals surface area contributed by atoms with E-state index in [9.17, 15) is 9.59 Å². The molecule has 0 spiro atoms. The smallest absolute Gasteiger partial charge is 0.408 e. The van der Waals surface area contributed by atoms with E-state index in [0.29, 0.717) is 44.2 Å². The molecule has 2 unspecified atom stereocenters. The van der Waals surface area contributed by atoms with Gasteiger partial charge < -0.3 is 39.8 Å². The molecule has 2 heterocycles. The second-order valence-electron chi connectivity index (χ2n) is 30.2. The maximum absolute atomic E-state index is 13.4. The van der Waals surface area contributed by atoms with Crippen molar-refractivity contribution in [1.82, 2.24) is 16.0 Å². The van der Waals surface area contributed by atoms with Crippen LogP contribution in [0.2, 0.25) is 0 Å². The first kappa shape index (κ1) is 70.9. The summed E-state index contributed by atoms with van der Waals surface area (Å²) in [6.45, 7) is 42.2. The first-order valence-corrected chi connectivity index (χ1v) is 34.4. The Morgan fingerprint density at radius 1 is 0.696 bits per heavy atom. The highest BCUT2D eigenvalue weighted by molar-refractivity contribution is 6.08. The van der Waals surface area contributed by atoms with Gasteiger partial charge >= 0.3 is 12.2 Å². The Morgan fingerprint density at radius 3 is 1.98 bits per heavy atom. The van der Waals surface area contributed by atoms with E-state index in [1.807, 2.05) is 19.9 Å². The van der Waals surface area contributed by atoms with E-state index in [4.69, 9.17) is 18.9 Å². The van der Waals surface area contributed by atoms with E-state index in [0.717, 1.165) is 92.2 Å². The van der Waals surface area contributed by atoms with Gasteiger partial charge in [0.15, 0.2) is 12.3 Å². The molecule has 92 heavy (non-hydrogen) atoms. The Hall–Kier alpha value is -6.95. The number of carbonyl (C=O) groups excluding carboxylic acids is 2. The van der Waals surface area contributed by atoms with Crippen LogP contribution in [0.4, 0.5) is 21.0 Å². The number of nitrogens with zero attached hydrogens (tertiary/aromatic N) is 2. The lowest BCUT2D eigenvalue weighted by Gasteiger charge is -2.33. The lowest BCUT2D eigenvalue weighted by Crippen LogP contribution is -2.39. The van der Waals surface area contributed by atoms with Gasteiger partial charge in [-0.15, -0.1) is 0 Å². The molecule has 0 radical (unpaired) electrons. The van der Waals surface area contributed by atoms with Crippen LogP contribution in [0.15, 0.2) is 157 Å². The molecule has 0 fully saturated rings. The zero-order chi connectivity index (χ0) is 66.7. The van der Waals surface area contributed by atoms with Gasteiger partial charge in [-0.05, 0) is 196 Å². The number of carbonyl (C=O) groups is 2. The molecular formula is C81H112N5O6+. The van der Waals surface area contributed by atoms with Gasteiger partial charge in [0.05, 0.1) is 12.0 Å². The fourth-order valence-corrected chi connectivity index (χ4v) is 15.1. The van der Waals surface area contributed by atoms with Crippen molar-refractivity contribution in [2.75, 3.05) is 64.6 Å². The third-order valence-electron chi connectivity index (χ3n) is 19.9. The number of hydrogen-bond donors (Lipinski definition) is 3. The number of fused-ring (bicyclic) bond motifs is 6. The van der Waals surface area contributed by atoms with E-state index in [1.165, 1.54) is 74.5 Å². The lowest BCUT2D eigenvalue weighted by atomic mass is 9.78. The van der Waals surface area contributed by atoms with Gasteiger partial charge in [0, 0.05) is 60.2 Å². The number of amides is 2. The fraction of sp³-hybridized carbons (Fsp3) is 0.519. The minimum Gasteiger partial charge on any atom is -0.489 e. The molecule has 3 N–H and O–H groups in total. The molecule has 0 saturated carbocycles. The summed E-state index contributed by atoms with van der Waals surface area (Å²) in [5.74, 6) is 1.98. The highest BCUT2D eigenvalue weighted by Crippen LogP contribution is 2.51. The van der Waals surface area contributed by atoms with Crippen LogP contribution in [0, 0.1) is 22.7 Å². The van der Waals surface area contributed by atoms with Gasteiger partial charge in [0.25, 0.3) is 0 Å². The molecule has 0 saturated heterocycles. The molecule has 5 aromatic rings. The maximum Gasteiger partial charge on any atom is 0.408 e. The molecule has 2 aliphatic heterocycles. The van der Waals surface area contributed by atoms with E-state index < -0.39 is 17.8 Å². The second kappa shape index (κ2) is 30.4. The van der Waals surface area contributed by atoms with Gasteiger partial charge in [-0.1, -0.05) is 173 Å². The Labute approximate surface area is 553 Å². The number of rotatable bonds is 31. The van der Waals surface area contributed by atoms with Gasteiger partial charge in [0.2, 0.25) is 5.69 Å². The van der Waals surface area contributed by atoms with Crippen LogP contribution in [0.5, 0.6) is 0 Å². The average molecular weight is 1250 g/mol. The topological polar surface area (TPSA) is 113 Å². The van der Waals surface area contributed by atoms with E-state index >= 15 is 0 Å². The fourth-order valence-electron chi connectivity index (χ4n) is 15.1. The summed E-state index contributed by atoms with van der Waals surface area (Å²) >= 11 is 0. The number of ether oxygens (including phenoxy) is 4. The van der Waals surface area contributed by atoms with Crippen LogP contribution in [-0.2, 0) is 40.9 Å². The molecule has 5 aromatic carbocycles. The lowest BCUT2D eigenvalue weighted by molar-refractivity contribution is -0.441. The van der Waals surface area contributed by atoms with Crippen molar-refractivity contribution in [3.05, 3.63) is 179 Å². The molecule has 0 aromatic heterocycles. The third kappa shape index (κ3) is 17.2. The number of nitrogens with one attached hydrogen (secondary N) is 3. The Kier molecular flexibility index (Phi) is 23.4. The van der Waals surface area contributed by atoms with Crippen molar-refractivity contribution >= 4 is 50.8 Å². The van der Waals surface area contributed by atoms with Crippen molar-refractivity contribution in [3.8, 4) is 0 Å². The molecule has 2 amide bonds. The molecule has 1 aliphatic carbocycles. The van der Waals surface area contributed by atoms with Gasteiger partial charge in [0.1, 0.15) is 31.2 Å². The highest BCUT2D eigenvalue weighted by Gasteiger charge is 2.46. The summed E-state index contributed by atoms with van der Waals surface area (Å²) in [7, 11) is 1.77. The largest absolute Gasteiger partial charge is 0.489 e. The number of hydrogen-bond acceptors (Lipinski definition) is 8. The SMILES string of the molecule is C=CCOC1=C(C=CC2=[N+](CCOC)c3ccc4ccccc4c3C2(C)C)CCCC1=CC=C1N(CCOC(=O)NCCC(C)CC(C)(C)CCNC(=O)OC(C)(C)c2ccc(C(C)(C)NCCC(C)(C)CC(C)CCC)cc2)c2ccc3ccccc3c2C1(C)C. The van der Waals surface area contributed by atoms with Crippen LogP contribution in [-0.4, -0.2) is 82.1 Å². The van der Waals surface area contributed by atoms with Crippen molar-refractivity contribution in [3.63, 3.8) is 0 Å². The standard InChI is InChI=1S/C81H111N5O6/c1-18-25-57(3)55-77(7,8)46-49-84-80(13,14)63-36-38-64(39-37-63)81(15,16)92-75(88)83-48-45-76(5,6)56-58(4)44-47-82-74(87)91-54-51-86-68-41-33-60-27-21-23-31-66(60)72(68)79(11,12)70(86)43-35-62-29-24-28-61(73(62)90-52-19-2)34-42-69-78(9,10)71-65-30-22-20-26-59(65)32-40-67(71)85(69)50-53-89-17/h19-23,26-27,30-43,57-58,84H,2,18,24-25,28-29,44-56H2,1,3-17H3,(H-,82,83,87,88)/p+1. The van der Waals surface area contributed by atoms with Crippen LogP contribution in [0.25, 0.3) is 21.5 Å². The zero-order valence-corrected chi connectivity index (χ0v) is 59.1. The summed E-state index contributed by atoms with van der Waals surface area (Å²) in [5, 5.41) is 14.8. The molecule has 2 atom stereocenters. The summed E-state index contributed by atoms with van der Waals surface area (Å²) < 4.78 is 26.8. The van der Waals surface area contributed by atoms with E-state index in [1.54, 1.807) is 7.11 Å². The van der Waals surface area contributed by atoms with Crippen LogP contribution in [0.1, 0.15) is 190 Å². The number of allylic oxidation sites excluding steroid dienone is 7. The molecule has 8 rings (SSSR count). The van der Waals surface area contributed by atoms with Crippen LogP contribution >= 0.6 is 0 Å². The predicted molar refractivity (Wildman–Crippen MR) is 384 cm³/mol. The highest BCUT2D eigenvalue weighted by atomic mass is 16.6. The molecule has 11 nitrogen and oxygen atoms in total. The Bertz CT molecular complexity index is 3560. The average Bonchev–Trinajstić information content (AvgIpc) is 1.58. The maximum atomic E-state index is 13.4. The van der Waals surface area contributed by atoms with Gasteiger partial charge in [-0.2, -0.15) is 4.58 Å². The molecule has 3 aliphatic rings. The summed E-state index contributed by atoms with van der Waals surface area (Å²) in [6, 6.07) is 34.7. The molecular weight excluding hydrogens is 1140 g/mol. The van der Waals surface area contributed by atoms with E-state index in [2.05, 4.69) is 243 Å². The number of anilines is 1. The van der Waals surface area contributed by atoms with Crippen molar-refractivity contribution in [1.29, 1.82) is 0 Å². The van der Waals surface area contributed by atoms with Crippen molar-refractivity contribution < 1.29 is 33.1 Å². The van der Waals surface area contributed by atoms with Crippen molar-refractivity contribution in [2.45, 2.75) is 190 Å². The number of methoxy groups -OCH3 is 1. The molecule has 496 valence electrons. The Balaban J connectivity index is 0.856. The van der Waals surface area contributed by atoms with Gasteiger partial charge in [-0.3, -0.25) is 0 Å². The Morgan fingerprint density at radius 2 is 1.32 bits per heavy atom. The zero-order valence-electron chi connectivity index (χ0n) is 59.1. The normalized spacial score (nSPS) is 17.4.